The van der Waals surface area contributed by atoms with Crippen LogP contribution >= 0.6 is 0 Å². The highest BCUT2D eigenvalue weighted by Crippen LogP contribution is 2.30. The summed E-state index contributed by atoms with van der Waals surface area (Å²) in [4.78, 5) is 29.1. The van der Waals surface area contributed by atoms with Gasteiger partial charge in [-0.3, -0.25) is 4.79 Å². The Labute approximate surface area is 304 Å². The molecule has 52 heavy (non-hydrogen) atoms. The summed E-state index contributed by atoms with van der Waals surface area (Å²) in [6, 6.07) is 21.8. The molecular formula is C39H47FN4O7S. The summed E-state index contributed by atoms with van der Waals surface area (Å²) in [6.07, 6.45) is 1.25. The Morgan fingerprint density at radius 3 is 2.50 bits per heavy atom. The number of likely N-dealkylation sites (N-methyl/N-ethyl adjacent to an activating group) is 1. The number of carbonyl (C=O) groups excluding carboxylic acids is 2. The number of hydrogen-bond acceptors (Lipinski definition) is 7. The van der Waals surface area contributed by atoms with E-state index < -0.39 is 39.9 Å². The molecule has 3 amide bonds. The van der Waals surface area contributed by atoms with Crippen LogP contribution in [0.5, 0.6) is 5.75 Å². The molecule has 0 bridgehead atoms. The quantitative estimate of drug-likeness (QED) is 0.182. The van der Waals surface area contributed by atoms with Gasteiger partial charge in [0.2, 0.25) is 10.0 Å². The standard InChI is InChI=1S/C39H47FN4O7S/c1-26-23-44(27(2)25-45)38(46)34-22-31(41-39(47)42-35-14-9-12-29-11-5-6-13-33(29)35)17-20-36(34)51-28(3)10-7-8-21-50-37(26)24-43(4)52(48,49)32-18-15-30(40)16-19-32/h5-6,9,11-20,22,26-28,37,45H,7-8,10,21,23-25H2,1-4H3,(H2,41,42,47)/t26-,27-,28+,37-/m0/s1. The Morgan fingerprint density at radius 2 is 1.75 bits per heavy atom. The van der Waals surface area contributed by atoms with Gasteiger partial charge in [-0.2, -0.15) is 4.31 Å². The van der Waals surface area contributed by atoms with E-state index in [-0.39, 0.29) is 42.2 Å². The molecule has 0 saturated heterocycles. The van der Waals surface area contributed by atoms with E-state index in [1.807, 2.05) is 56.3 Å². The van der Waals surface area contributed by atoms with Crippen LogP contribution < -0.4 is 15.4 Å². The molecule has 4 aromatic carbocycles. The first-order valence-corrected chi connectivity index (χ1v) is 18.9. The number of benzene rings is 4. The SMILES string of the molecule is C[C@@H]1CCCCO[C@@H](CN(C)S(=O)(=O)c2ccc(F)cc2)[C@@H](C)CN([C@@H](C)CO)C(=O)c2cc(NC(=O)Nc3cccc4ccccc34)ccc2O1. The van der Waals surface area contributed by atoms with Crippen molar-refractivity contribution in [3.63, 3.8) is 0 Å². The molecule has 1 aliphatic heterocycles. The summed E-state index contributed by atoms with van der Waals surface area (Å²) >= 11 is 0. The van der Waals surface area contributed by atoms with Gasteiger partial charge in [0.1, 0.15) is 11.6 Å². The van der Waals surface area contributed by atoms with Crippen LogP contribution in [0.2, 0.25) is 0 Å². The molecule has 0 aromatic heterocycles. The minimum Gasteiger partial charge on any atom is -0.490 e. The third-order valence-electron chi connectivity index (χ3n) is 9.31. The van der Waals surface area contributed by atoms with Crippen molar-refractivity contribution >= 4 is 44.1 Å². The normalized spacial score (nSPS) is 19.7. The van der Waals surface area contributed by atoms with Crippen LogP contribution in [-0.4, -0.2) is 86.3 Å². The predicted molar refractivity (Wildman–Crippen MR) is 200 cm³/mol. The molecule has 3 N–H and O–H groups in total. The number of fused-ring (bicyclic) bond motifs is 2. The minimum atomic E-state index is -3.97. The first kappa shape index (κ1) is 38.7. The maximum atomic E-state index is 14.5. The largest absolute Gasteiger partial charge is 0.490 e. The van der Waals surface area contributed by atoms with Crippen molar-refractivity contribution < 1.29 is 37.0 Å². The first-order chi connectivity index (χ1) is 24.9. The van der Waals surface area contributed by atoms with Gasteiger partial charge >= 0.3 is 6.03 Å². The predicted octanol–water partition coefficient (Wildman–Crippen LogP) is 6.74. The van der Waals surface area contributed by atoms with Gasteiger partial charge in [-0.05, 0) is 87.0 Å². The number of nitrogens with one attached hydrogen (secondary N) is 2. The lowest BCUT2D eigenvalue weighted by Gasteiger charge is -2.35. The van der Waals surface area contributed by atoms with Gasteiger partial charge in [0, 0.05) is 43.7 Å². The van der Waals surface area contributed by atoms with Crippen molar-refractivity contribution in [3.05, 3.63) is 96.3 Å². The molecule has 1 aliphatic rings. The van der Waals surface area contributed by atoms with Crippen molar-refractivity contribution in [1.29, 1.82) is 0 Å². The Balaban J connectivity index is 1.41. The van der Waals surface area contributed by atoms with Gasteiger partial charge in [0.25, 0.3) is 5.91 Å². The Hall–Kier alpha value is -4.56. The fourth-order valence-electron chi connectivity index (χ4n) is 6.22. The van der Waals surface area contributed by atoms with E-state index in [4.69, 9.17) is 9.47 Å². The molecule has 0 spiro atoms. The van der Waals surface area contributed by atoms with E-state index >= 15 is 0 Å². The van der Waals surface area contributed by atoms with Crippen LogP contribution in [0.4, 0.5) is 20.6 Å². The van der Waals surface area contributed by atoms with E-state index in [1.165, 1.54) is 28.4 Å². The zero-order valence-electron chi connectivity index (χ0n) is 29.9. The molecule has 0 aliphatic carbocycles. The Bertz CT molecular complexity index is 1950. The second kappa shape index (κ2) is 17.3. The third-order valence-corrected chi connectivity index (χ3v) is 11.1. The van der Waals surface area contributed by atoms with Gasteiger partial charge in [0.15, 0.2) is 0 Å². The zero-order chi connectivity index (χ0) is 37.4. The summed E-state index contributed by atoms with van der Waals surface area (Å²) in [6.45, 7) is 5.63. The van der Waals surface area contributed by atoms with E-state index in [1.54, 1.807) is 25.1 Å². The maximum Gasteiger partial charge on any atom is 0.323 e. The molecule has 0 saturated carbocycles. The van der Waals surface area contributed by atoms with Gasteiger partial charge in [-0.25, -0.2) is 17.6 Å². The van der Waals surface area contributed by atoms with Crippen molar-refractivity contribution in [2.75, 3.05) is 44.0 Å². The number of anilines is 2. The number of aliphatic hydroxyl groups is 1. The number of aliphatic hydroxyl groups excluding tert-OH is 1. The molecule has 0 fully saturated rings. The number of urea groups is 1. The second-order valence-corrected chi connectivity index (χ2v) is 15.4. The number of carbonyl (C=O) groups is 2. The zero-order valence-corrected chi connectivity index (χ0v) is 30.7. The van der Waals surface area contributed by atoms with Crippen LogP contribution in [0.15, 0.2) is 89.8 Å². The number of ether oxygens (including phenoxy) is 2. The van der Waals surface area contributed by atoms with E-state index in [2.05, 4.69) is 10.6 Å². The van der Waals surface area contributed by atoms with Gasteiger partial charge in [-0.1, -0.05) is 43.3 Å². The minimum absolute atomic E-state index is 0.0214. The lowest BCUT2D eigenvalue weighted by atomic mass is 10.0. The fourth-order valence-corrected chi connectivity index (χ4v) is 7.40. The van der Waals surface area contributed by atoms with Crippen LogP contribution in [0.1, 0.15) is 50.4 Å². The molecule has 4 aromatic rings. The van der Waals surface area contributed by atoms with Gasteiger partial charge in [0.05, 0.1) is 41.0 Å². The average molecular weight is 735 g/mol. The highest BCUT2D eigenvalue weighted by molar-refractivity contribution is 7.89. The number of hydrogen-bond donors (Lipinski definition) is 3. The molecule has 1 heterocycles. The van der Waals surface area contributed by atoms with Crippen molar-refractivity contribution in [1.82, 2.24) is 9.21 Å². The number of amides is 3. The van der Waals surface area contributed by atoms with Crippen molar-refractivity contribution in [3.8, 4) is 5.75 Å². The molecule has 4 atom stereocenters. The average Bonchev–Trinajstić information content (AvgIpc) is 3.13. The first-order valence-electron chi connectivity index (χ1n) is 17.5. The molecular weight excluding hydrogens is 688 g/mol. The summed E-state index contributed by atoms with van der Waals surface area (Å²) in [7, 11) is -2.52. The highest BCUT2D eigenvalue weighted by Gasteiger charge is 2.32. The van der Waals surface area contributed by atoms with Crippen LogP contribution in [0, 0.1) is 11.7 Å². The number of sulfonamides is 1. The fraction of sp³-hybridized carbons (Fsp3) is 0.385. The lowest BCUT2D eigenvalue weighted by molar-refractivity contribution is -0.00834. The molecule has 0 radical (unpaired) electrons. The second-order valence-electron chi connectivity index (χ2n) is 13.4. The van der Waals surface area contributed by atoms with E-state index in [9.17, 15) is 27.5 Å². The molecule has 278 valence electrons. The van der Waals surface area contributed by atoms with Crippen LogP contribution in [0.3, 0.4) is 0 Å². The number of nitrogens with zero attached hydrogens (tertiary/aromatic N) is 2. The molecule has 11 nitrogen and oxygen atoms in total. The van der Waals surface area contributed by atoms with Crippen molar-refractivity contribution in [2.24, 2.45) is 5.92 Å². The van der Waals surface area contributed by atoms with Crippen molar-refractivity contribution in [2.45, 2.75) is 63.2 Å². The number of rotatable bonds is 8. The summed E-state index contributed by atoms with van der Waals surface area (Å²) in [5, 5.41) is 17.9. The molecule has 5 rings (SSSR count). The smallest absolute Gasteiger partial charge is 0.323 e. The molecule has 0 unspecified atom stereocenters. The molecule has 13 heteroatoms. The summed E-state index contributed by atoms with van der Waals surface area (Å²) in [5.74, 6) is -1.02. The Kier molecular flexibility index (Phi) is 12.9. The van der Waals surface area contributed by atoms with Gasteiger partial charge in [-0.15, -0.1) is 0 Å². The van der Waals surface area contributed by atoms with E-state index in [0.717, 1.165) is 29.3 Å². The van der Waals surface area contributed by atoms with Crippen LogP contribution in [0.25, 0.3) is 10.8 Å². The van der Waals surface area contributed by atoms with Gasteiger partial charge < -0.3 is 30.1 Å². The third kappa shape index (κ3) is 9.45. The Morgan fingerprint density at radius 1 is 1.02 bits per heavy atom. The highest BCUT2D eigenvalue weighted by atomic mass is 32.2. The maximum absolute atomic E-state index is 14.5. The number of halogens is 1. The van der Waals surface area contributed by atoms with Crippen LogP contribution in [-0.2, 0) is 14.8 Å². The topological polar surface area (TPSA) is 138 Å². The summed E-state index contributed by atoms with van der Waals surface area (Å²) < 4.78 is 54.1. The lowest BCUT2D eigenvalue weighted by Crippen LogP contribution is -2.48. The summed E-state index contributed by atoms with van der Waals surface area (Å²) in [5.41, 5.74) is 1.19. The van der Waals surface area contributed by atoms with E-state index in [0.29, 0.717) is 36.6 Å². The monoisotopic (exact) mass is 734 g/mol.